The lowest BCUT2D eigenvalue weighted by atomic mass is 9.78. The lowest BCUT2D eigenvalue weighted by molar-refractivity contribution is -0.137. The number of nitriles is 1. The fraction of sp³-hybridized carbons (Fsp3) is 0.625. The van der Waals surface area contributed by atoms with E-state index in [2.05, 4.69) is 10.6 Å². The van der Waals surface area contributed by atoms with Crippen molar-refractivity contribution in [3.05, 3.63) is 29.3 Å². The molecule has 2 aliphatic heterocycles. The Kier molecular flexibility index (Phi) is 8.83. The number of alkyl halides is 3. The summed E-state index contributed by atoms with van der Waals surface area (Å²) in [6.45, 7) is 2.97. The topological polar surface area (TPSA) is 97.7 Å². The summed E-state index contributed by atoms with van der Waals surface area (Å²) in [7, 11) is 3.17. The van der Waals surface area contributed by atoms with Crippen molar-refractivity contribution in [2.45, 2.75) is 25.4 Å². The van der Waals surface area contributed by atoms with Crippen LogP contribution in [-0.2, 0) is 15.7 Å². The lowest BCUT2D eigenvalue weighted by Gasteiger charge is -2.36. The minimum absolute atomic E-state index is 0.0492. The number of hydrogen-bond donors (Lipinski definition) is 2. The summed E-state index contributed by atoms with van der Waals surface area (Å²) in [5, 5.41) is 14.6. The highest BCUT2D eigenvalue weighted by atomic mass is 19.4. The Hall–Kier alpha value is -3.00. The van der Waals surface area contributed by atoms with Crippen molar-refractivity contribution in [1.29, 1.82) is 5.26 Å². The number of carbonyl (C=O) groups is 2. The first-order valence-electron chi connectivity index (χ1n) is 11.8. The van der Waals surface area contributed by atoms with Crippen molar-refractivity contribution in [2.75, 3.05) is 58.4 Å². The van der Waals surface area contributed by atoms with Crippen LogP contribution in [0.4, 0.5) is 23.7 Å². The number of methoxy groups -OCH3 is 1. The molecule has 2 heterocycles. The van der Waals surface area contributed by atoms with Gasteiger partial charge in [0.25, 0.3) is 0 Å². The summed E-state index contributed by atoms with van der Waals surface area (Å²) in [6.07, 6.45) is -2.47. The quantitative estimate of drug-likeness (QED) is 0.567. The minimum Gasteiger partial charge on any atom is -0.385 e. The van der Waals surface area contributed by atoms with Gasteiger partial charge in [-0.15, -0.1) is 0 Å². The molecule has 192 valence electrons. The van der Waals surface area contributed by atoms with E-state index in [1.165, 1.54) is 12.1 Å². The van der Waals surface area contributed by atoms with Gasteiger partial charge in [-0.05, 0) is 49.3 Å². The van der Waals surface area contributed by atoms with Crippen LogP contribution in [0.2, 0.25) is 0 Å². The van der Waals surface area contributed by atoms with Gasteiger partial charge in [-0.2, -0.15) is 18.4 Å². The molecule has 0 saturated carbocycles. The van der Waals surface area contributed by atoms with Crippen molar-refractivity contribution in [2.24, 2.45) is 17.8 Å². The maximum absolute atomic E-state index is 13.5. The number of likely N-dealkylation sites (tertiary alicyclic amines) is 1. The van der Waals surface area contributed by atoms with Gasteiger partial charge in [0.05, 0.1) is 23.1 Å². The molecule has 0 radical (unpaired) electrons. The second-order valence-electron chi connectivity index (χ2n) is 9.03. The fourth-order valence-electron chi connectivity index (χ4n) is 5.10. The lowest BCUT2D eigenvalue weighted by Crippen LogP contribution is -2.47. The van der Waals surface area contributed by atoms with Crippen LogP contribution < -0.4 is 15.5 Å². The molecule has 2 atom stereocenters. The third kappa shape index (κ3) is 6.36. The van der Waals surface area contributed by atoms with Crippen molar-refractivity contribution < 1.29 is 27.5 Å². The van der Waals surface area contributed by atoms with E-state index < -0.39 is 17.3 Å². The largest absolute Gasteiger partial charge is 0.417 e. The predicted molar refractivity (Wildman–Crippen MR) is 124 cm³/mol. The normalized spacial score (nSPS) is 21.0. The van der Waals surface area contributed by atoms with E-state index in [1.54, 1.807) is 30.0 Å². The number of nitrogens with one attached hydrogen (secondary N) is 2. The molecular weight excluding hydrogens is 463 g/mol. The Bertz CT molecular complexity index is 941. The van der Waals surface area contributed by atoms with Gasteiger partial charge >= 0.3 is 12.2 Å². The zero-order chi connectivity index (χ0) is 25.6. The molecule has 2 saturated heterocycles. The van der Waals surface area contributed by atoms with Crippen molar-refractivity contribution in [3.8, 4) is 6.07 Å². The molecule has 0 spiro atoms. The number of carbonyl (C=O) groups excluding carboxylic acids is 2. The summed E-state index contributed by atoms with van der Waals surface area (Å²) < 4.78 is 45.4. The molecular formula is C24H32F3N5O3. The Morgan fingerprint density at radius 2 is 1.94 bits per heavy atom. The number of ether oxygens (including phenoxy) is 1. The Balaban J connectivity index is 1.69. The average Bonchev–Trinajstić information content (AvgIpc) is 3.30. The number of nitrogens with zero attached hydrogens (tertiary/aromatic N) is 3. The highest BCUT2D eigenvalue weighted by molar-refractivity contribution is 5.80. The van der Waals surface area contributed by atoms with E-state index in [0.29, 0.717) is 45.0 Å². The Morgan fingerprint density at radius 1 is 1.23 bits per heavy atom. The number of urea groups is 1. The summed E-state index contributed by atoms with van der Waals surface area (Å²) in [5.41, 5.74) is -1.05. The molecule has 8 nitrogen and oxygen atoms in total. The predicted octanol–water partition coefficient (Wildman–Crippen LogP) is 2.83. The number of halogens is 3. The molecule has 0 aliphatic carbocycles. The van der Waals surface area contributed by atoms with Crippen LogP contribution in [0.3, 0.4) is 0 Å². The maximum atomic E-state index is 13.5. The van der Waals surface area contributed by atoms with Gasteiger partial charge in [-0.1, -0.05) is 0 Å². The summed E-state index contributed by atoms with van der Waals surface area (Å²) in [4.78, 5) is 28.6. The first kappa shape index (κ1) is 26.6. The summed E-state index contributed by atoms with van der Waals surface area (Å²) in [6, 6.07) is 5.18. The van der Waals surface area contributed by atoms with Gasteiger partial charge < -0.3 is 25.2 Å². The molecule has 0 aromatic heterocycles. The van der Waals surface area contributed by atoms with Crippen LogP contribution in [0, 0.1) is 29.1 Å². The van der Waals surface area contributed by atoms with Gasteiger partial charge in [-0.3, -0.25) is 4.79 Å². The molecule has 1 aromatic carbocycles. The van der Waals surface area contributed by atoms with Crippen LogP contribution in [-0.4, -0.2) is 70.3 Å². The van der Waals surface area contributed by atoms with Crippen molar-refractivity contribution in [3.63, 3.8) is 0 Å². The van der Waals surface area contributed by atoms with Gasteiger partial charge in [0.15, 0.2) is 0 Å². The number of piperidine rings is 1. The molecule has 11 heteroatoms. The number of hydrogen-bond acceptors (Lipinski definition) is 5. The molecule has 2 fully saturated rings. The first-order chi connectivity index (χ1) is 16.7. The van der Waals surface area contributed by atoms with Gasteiger partial charge in [0.2, 0.25) is 5.91 Å². The van der Waals surface area contributed by atoms with E-state index >= 15 is 0 Å². The van der Waals surface area contributed by atoms with Gasteiger partial charge in [-0.25, -0.2) is 4.79 Å². The zero-order valence-corrected chi connectivity index (χ0v) is 20.0. The van der Waals surface area contributed by atoms with Crippen LogP contribution in [0.1, 0.15) is 30.4 Å². The molecule has 0 bridgehead atoms. The Morgan fingerprint density at radius 3 is 2.54 bits per heavy atom. The van der Waals surface area contributed by atoms with Crippen LogP contribution >= 0.6 is 0 Å². The fourth-order valence-corrected chi connectivity index (χ4v) is 5.10. The third-order valence-electron chi connectivity index (χ3n) is 6.98. The van der Waals surface area contributed by atoms with E-state index in [-0.39, 0.29) is 29.7 Å². The third-order valence-corrected chi connectivity index (χ3v) is 6.98. The SMILES string of the molecule is CNC(=O)[C@@H]1CN(c2ccc(C#N)c(C(F)(F)F)c2)C[C@H]1C1CCN(C(=O)NCCCOC)CC1. The standard InChI is InChI=1S/C24H32F3N5O3/c1-29-22(33)20-15-32(18-5-4-17(13-28)21(12-18)24(25,26)27)14-19(20)16-6-9-31(10-7-16)23(34)30-8-3-11-35-2/h4-5,12,16,19-20H,3,6-11,14-15H2,1-2H3,(H,29,33)(H,30,34)/t19-,20+/m0/s1. The highest BCUT2D eigenvalue weighted by Crippen LogP contribution is 2.40. The molecule has 2 N–H and O–H groups in total. The molecule has 3 amide bonds. The van der Waals surface area contributed by atoms with Crippen LogP contribution in [0.25, 0.3) is 0 Å². The number of anilines is 1. The van der Waals surface area contributed by atoms with E-state index in [4.69, 9.17) is 10.00 Å². The number of benzene rings is 1. The molecule has 0 unspecified atom stereocenters. The molecule has 3 rings (SSSR count). The van der Waals surface area contributed by atoms with Crippen molar-refractivity contribution >= 4 is 17.6 Å². The average molecular weight is 496 g/mol. The molecule has 35 heavy (non-hydrogen) atoms. The van der Waals surface area contributed by atoms with Gasteiger partial charge in [0, 0.05) is 59.2 Å². The van der Waals surface area contributed by atoms with E-state index in [9.17, 15) is 22.8 Å². The second-order valence-corrected chi connectivity index (χ2v) is 9.03. The first-order valence-corrected chi connectivity index (χ1v) is 11.8. The smallest absolute Gasteiger partial charge is 0.385 e. The van der Waals surface area contributed by atoms with Crippen LogP contribution in [0.5, 0.6) is 0 Å². The molecule has 2 aliphatic rings. The van der Waals surface area contributed by atoms with E-state index in [0.717, 1.165) is 25.3 Å². The summed E-state index contributed by atoms with van der Waals surface area (Å²) >= 11 is 0. The Labute approximate surface area is 203 Å². The molecule has 1 aromatic rings. The highest BCUT2D eigenvalue weighted by Gasteiger charge is 2.43. The van der Waals surface area contributed by atoms with E-state index in [1.807, 2.05) is 0 Å². The summed E-state index contributed by atoms with van der Waals surface area (Å²) in [5.74, 6) is -0.392. The van der Waals surface area contributed by atoms with Gasteiger partial charge in [0.1, 0.15) is 0 Å². The number of amides is 3. The zero-order valence-electron chi connectivity index (χ0n) is 20.0. The maximum Gasteiger partial charge on any atom is 0.417 e. The van der Waals surface area contributed by atoms with Crippen LogP contribution in [0.15, 0.2) is 18.2 Å². The van der Waals surface area contributed by atoms with Crippen molar-refractivity contribution in [1.82, 2.24) is 15.5 Å². The second kappa shape index (κ2) is 11.6. The minimum atomic E-state index is -4.64. The number of rotatable bonds is 7. The monoisotopic (exact) mass is 495 g/mol.